The van der Waals surface area contributed by atoms with Gasteiger partial charge in [0.1, 0.15) is 5.75 Å². The number of anilines is 1. The van der Waals surface area contributed by atoms with Crippen LogP contribution in [0.4, 0.5) is 5.69 Å². The highest BCUT2D eigenvalue weighted by molar-refractivity contribution is 7.80. The number of thiazole rings is 1. The number of rotatable bonds is 7. The van der Waals surface area contributed by atoms with Gasteiger partial charge >= 0.3 is 5.97 Å². The molecule has 0 spiro atoms. The molecule has 1 heterocycles. The largest absolute Gasteiger partial charge is 0.497 e. The molecule has 0 aliphatic rings. The first-order valence-corrected chi connectivity index (χ1v) is 10.0. The van der Waals surface area contributed by atoms with E-state index >= 15 is 0 Å². The lowest BCUT2D eigenvalue weighted by Gasteiger charge is -2.20. The first-order valence-electron chi connectivity index (χ1n) is 8.81. The number of carboxylic acids is 1. The maximum Gasteiger partial charge on any atom is 0.305 e. The lowest BCUT2D eigenvalue weighted by Crippen LogP contribution is -2.33. The molecule has 0 aliphatic heterocycles. The number of aliphatic carboxylic acids is 1. The molecule has 0 saturated heterocycles. The van der Waals surface area contributed by atoms with Gasteiger partial charge in [-0.25, -0.2) is 4.98 Å². The molecule has 6 nitrogen and oxygen atoms in total. The molecule has 3 aromatic rings. The number of hydrogen-bond acceptors (Lipinski definition) is 5. The summed E-state index contributed by atoms with van der Waals surface area (Å²) in [5.41, 5.74) is 2.58. The summed E-state index contributed by atoms with van der Waals surface area (Å²) in [5, 5.41) is 17.0. The van der Waals surface area contributed by atoms with E-state index in [-0.39, 0.29) is 6.42 Å². The molecule has 0 amide bonds. The Balaban J connectivity index is 1.75. The molecule has 0 radical (unpaired) electrons. The second-order valence-electron chi connectivity index (χ2n) is 6.17. The molecule has 0 aliphatic carbocycles. The Morgan fingerprint density at radius 3 is 2.86 bits per heavy atom. The third kappa shape index (κ3) is 4.96. The molecule has 146 valence electrons. The lowest BCUT2D eigenvalue weighted by atomic mass is 10.0. The molecule has 2 aromatic carbocycles. The fraction of sp³-hybridized carbons (Fsp3) is 0.250. The number of nitrogens with one attached hydrogen (secondary N) is 2. The number of carbonyl (C=O) groups is 1. The van der Waals surface area contributed by atoms with Crippen LogP contribution in [0.5, 0.6) is 5.75 Å². The van der Waals surface area contributed by atoms with Crippen molar-refractivity contribution in [3.8, 4) is 5.75 Å². The predicted molar refractivity (Wildman–Crippen MR) is 116 cm³/mol. The van der Waals surface area contributed by atoms with Crippen molar-refractivity contribution in [2.24, 2.45) is 0 Å². The van der Waals surface area contributed by atoms with Crippen LogP contribution in [0.3, 0.4) is 0 Å². The highest BCUT2D eigenvalue weighted by Crippen LogP contribution is 2.26. The van der Waals surface area contributed by atoms with Crippen LogP contribution >= 0.6 is 23.6 Å². The van der Waals surface area contributed by atoms with Crippen LogP contribution in [-0.4, -0.2) is 28.3 Å². The second-order valence-corrected chi connectivity index (χ2v) is 7.69. The van der Waals surface area contributed by atoms with E-state index in [2.05, 4.69) is 22.5 Å². The van der Waals surface area contributed by atoms with Gasteiger partial charge in [-0.05, 0) is 54.5 Å². The van der Waals surface area contributed by atoms with Crippen LogP contribution in [0.25, 0.3) is 10.2 Å². The molecule has 3 N–H and O–H groups in total. The van der Waals surface area contributed by atoms with Gasteiger partial charge in [-0.3, -0.25) is 4.79 Å². The first kappa shape index (κ1) is 20.0. The van der Waals surface area contributed by atoms with Gasteiger partial charge in [0, 0.05) is 5.69 Å². The maximum absolute atomic E-state index is 11.3. The first-order chi connectivity index (χ1) is 13.5. The summed E-state index contributed by atoms with van der Waals surface area (Å²) in [7, 11) is 1.57. The van der Waals surface area contributed by atoms with E-state index in [9.17, 15) is 9.90 Å². The van der Waals surface area contributed by atoms with E-state index in [1.807, 2.05) is 36.4 Å². The summed E-state index contributed by atoms with van der Waals surface area (Å²) >= 11 is 7.07. The van der Waals surface area contributed by atoms with Gasteiger partial charge in [-0.1, -0.05) is 19.1 Å². The van der Waals surface area contributed by atoms with Gasteiger partial charge < -0.3 is 20.5 Å². The summed E-state index contributed by atoms with van der Waals surface area (Å²) in [5.74, 6) is -0.253. The summed E-state index contributed by atoms with van der Waals surface area (Å²) < 4.78 is 6.32. The van der Waals surface area contributed by atoms with Crippen LogP contribution in [0.2, 0.25) is 0 Å². The van der Waals surface area contributed by atoms with Gasteiger partial charge in [0.25, 0.3) is 0 Å². The Labute approximate surface area is 172 Å². The van der Waals surface area contributed by atoms with Crippen molar-refractivity contribution in [1.82, 2.24) is 10.3 Å². The van der Waals surface area contributed by atoms with Crippen molar-refractivity contribution in [3.05, 3.63) is 53.0 Å². The fourth-order valence-corrected chi connectivity index (χ4v) is 4.02. The molecule has 0 fully saturated rings. The number of thiocarbonyl (C=S) groups is 1. The number of hydrogen-bond donors (Lipinski definition) is 3. The van der Waals surface area contributed by atoms with Gasteiger partial charge in [-0.15, -0.1) is 11.3 Å². The van der Waals surface area contributed by atoms with E-state index < -0.39 is 12.0 Å². The second kappa shape index (κ2) is 8.99. The number of ether oxygens (including phenoxy) is 1. The van der Waals surface area contributed by atoms with E-state index in [4.69, 9.17) is 17.0 Å². The Morgan fingerprint density at radius 1 is 1.32 bits per heavy atom. The summed E-state index contributed by atoms with van der Waals surface area (Å²) in [6.07, 6.45) is 0.794. The number of aryl methyl sites for hydroxylation is 1. The molecule has 0 bridgehead atoms. The lowest BCUT2D eigenvalue weighted by molar-refractivity contribution is -0.137. The number of carboxylic acid groups (broad SMARTS) is 1. The highest BCUT2D eigenvalue weighted by Gasteiger charge is 2.17. The molecule has 1 unspecified atom stereocenters. The molecule has 1 atom stereocenters. The molecule has 28 heavy (non-hydrogen) atoms. The SMILES string of the molecule is CCc1nc2ccc(NC(=S)NC(CC(=O)O)c3cccc(OC)c3)cc2s1. The summed E-state index contributed by atoms with van der Waals surface area (Å²) in [4.78, 5) is 15.9. The quantitative estimate of drug-likeness (QED) is 0.494. The Bertz CT molecular complexity index is 1000. The topological polar surface area (TPSA) is 83.5 Å². The Hall–Kier alpha value is -2.71. The van der Waals surface area contributed by atoms with Crippen molar-refractivity contribution in [2.45, 2.75) is 25.8 Å². The van der Waals surface area contributed by atoms with Crippen molar-refractivity contribution in [2.75, 3.05) is 12.4 Å². The summed E-state index contributed by atoms with van der Waals surface area (Å²) in [6, 6.07) is 12.7. The zero-order chi connectivity index (χ0) is 20.1. The Kier molecular flexibility index (Phi) is 6.43. The van der Waals surface area contributed by atoms with Crippen molar-refractivity contribution in [3.63, 3.8) is 0 Å². The average molecular weight is 416 g/mol. The fourth-order valence-electron chi connectivity index (χ4n) is 2.81. The minimum Gasteiger partial charge on any atom is -0.497 e. The Morgan fingerprint density at radius 2 is 2.14 bits per heavy atom. The molecular weight excluding hydrogens is 394 g/mol. The van der Waals surface area contributed by atoms with E-state index in [1.165, 1.54) is 0 Å². The number of benzene rings is 2. The van der Waals surface area contributed by atoms with Crippen LogP contribution in [-0.2, 0) is 11.2 Å². The van der Waals surface area contributed by atoms with Gasteiger partial charge in [0.15, 0.2) is 5.11 Å². The number of aromatic nitrogens is 1. The van der Waals surface area contributed by atoms with Gasteiger partial charge in [0.2, 0.25) is 0 Å². The standard InChI is InChI=1S/C20H21N3O3S2/c1-3-18-22-15-8-7-13(10-17(15)28-18)21-20(27)23-16(11-19(24)25)12-5-4-6-14(9-12)26-2/h4-10,16H,3,11H2,1-2H3,(H,24,25)(H2,21,23,27). The van der Waals surface area contributed by atoms with E-state index in [0.29, 0.717) is 10.9 Å². The van der Waals surface area contributed by atoms with Gasteiger partial charge in [0.05, 0.1) is 34.8 Å². The van der Waals surface area contributed by atoms with Crippen LogP contribution < -0.4 is 15.4 Å². The highest BCUT2D eigenvalue weighted by atomic mass is 32.1. The number of nitrogens with zero attached hydrogens (tertiary/aromatic N) is 1. The third-order valence-corrected chi connectivity index (χ3v) is 5.56. The normalized spacial score (nSPS) is 11.8. The maximum atomic E-state index is 11.3. The number of fused-ring (bicyclic) bond motifs is 1. The molecule has 3 rings (SSSR count). The number of methoxy groups -OCH3 is 1. The van der Waals surface area contributed by atoms with E-state index in [1.54, 1.807) is 24.5 Å². The molecular formula is C20H21N3O3S2. The van der Waals surface area contributed by atoms with E-state index in [0.717, 1.165) is 32.9 Å². The molecule has 1 aromatic heterocycles. The average Bonchev–Trinajstić information content (AvgIpc) is 3.09. The zero-order valence-electron chi connectivity index (χ0n) is 15.6. The van der Waals surface area contributed by atoms with Crippen LogP contribution in [0, 0.1) is 0 Å². The molecule has 0 saturated carbocycles. The minimum absolute atomic E-state index is 0.108. The van der Waals surface area contributed by atoms with Crippen molar-refractivity contribution in [1.29, 1.82) is 0 Å². The third-order valence-electron chi connectivity index (χ3n) is 4.17. The smallest absolute Gasteiger partial charge is 0.305 e. The van der Waals surface area contributed by atoms with Crippen LogP contribution in [0.1, 0.15) is 30.0 Å². The summed E-state index contributed by atoms with van der Waals surface area (Å²) in [6.45, 7) is 2.08. The molecule has 8 heteroatoms. The van der Waals surface area contributed by atoms with Crippen molar-refractivity contribution < 1.29 is 14.6 Å². The van der Waals surface area contributed by atoms with Crippen LogP contribution in [0.15, 0.2) is 42.5 Å². The zero-order valence-corrected chi connectivity index (χ0v) is 17.2. The predicted octanol–water partition coefficient (Wildman–Crippen LogP) is 4.37. The monoisotopic (exact) mass is 415 g/mol. The van der Waals surface area contributed by atoms with Gasteiger partial charge in [-0.2, -0.15) is 0 Å². The van der Waals surface area contributed by atoms with Crippen molar-refractivity contribution >= 4 is 50.5 Å². The minimum atomic E-state index is -0.915.